The fraction of sp³-hybridized carbons (Fsp3) is 0.607. The second kappa shape index (κ2) is 9.64. The molecule has 0 spiro atoms. The van der Waals surface area contributed by atoms with Gasteiger partial charge in [-0.3, -0.25) is 9.69 Å². The highest BCUT2D eigenvalue weighted by Gasteiger charge is 2.42. The van der Waals surface area contributed by atoms with Crippen molar-refractivity contribution in [2.24, 2.45) is 11.8 Å². The number of aliphatic carboxylic acids is 1. The second-order valence-electron chi connectivity index (χ2n) is 10.9. The molecule has 3 aliphatic rings. The van der Waals surface area contributed by atoms with Gasteiger partial charge in [0, 0.05) is 18.6 Å². The third kappa shape index (κ3) is 5.16. The van der Waals surface area contributed by atoms with Gasteiger partial charge in [0.1, 0.15) is 11.3 Å². The molecule has 1 N–H and O–H groups in total. The van der Waals surface area contributed by atoms with Gasteiger partial charge in [-0.2, -0.15) is 13.2 Å². The highest BCUT2D eigenvalue weighted by atomic mass is 19.4. The molecule has 4 nitrogen and oxygen atoms in total. The number of carboxylic acids is 1. The van der Waals surface area contributed by atoms with E-state index in [1.165, 1.54) is 6.07 Å². The average Bonchev–Trinajstić information content (AvgIpc) is 3.04. The van der Waals surface area contributed by atoms with Crippen molar-refractivity contribution in [3.63, 3.8) is 0 Å². The van der Waals surface area contributed by atoms with E-state index >= 15 is 0 Å². The van der Waals surface area contributed by atoms with Crippen LogP contribution in [0.2, 0.25) is 0 Å². The van der Waals surface area contributed by atoms with E-state index in [0.717, 1.165) is 50.6 Å². The van der Waals surface area contributed by atoms with E-state index in [-0.39, 0.29) is 35.2 Å². The lowest BCUT2D eigenvalue weighted by molar-refractivity contribution is -0.144. The quantitative estimate of drug-likeness (QED) is 0.491. The van der Waals surface area contributed by atoms with Crippen LogP contribution >= 0.6 is 0 Å². The summed E-state index contributed by atoms with van der Waals surface area (Å²) in [6.07, 6.45) is 2.86. The van der Waals surface area contributed by atoms with Gasteiger partial charge >= 0.3 is 12.1 Å². The molecule has 2 aromatic rings. The van der Waals surface area contributed by atoms with Crippen molar-refractivity contribution in [2.45, 2.75) is 89.1 Å². The van der Waals surface area contributed by atoms with Crippen molar-refractivity contribution in [3.05, 3.63) is 41.5 Å². The van der Waals surface area contributed by atoms with Gasteiger partial charge in [0.15, 0.2) is 0 Å². The minimum absolute atomic E-state index is 0.0597. The molecule has 1 saturated carbocycles. The van der Waals surface area contributed by atoms with Gasteiger partial charge in [0.25, 0.3) is 0 Å². The van der Waals surface area contributed by atoms with Crippen LogP contribution in [0.15, 0.2) is 30.3 Å². The molecular formula is C28H34F3NO3. The summed E-state index contributed by atoms with van der Waals surface area (Å²) in [6.45, 7) is 2.92. The van der Waals surface area contributed by atoms with E-state index in [1.807, 2.05) is 6.07 Å². The van der Waals surface area contributed by atoms with Crippen LogP contribution in [0, 0.1) is 11.8 Å². The summed E-state index contributed by atoms with van der Waals surface area (Å²) in [7, 11) is 0. The molecular weight excluding hydrogens is 455 g/mol. The van der Waals surface area contributed by atoms with E-state index < -0.39 is 17.7 Å². The number of fused-ring (bicyclic) bond motifs is 3. The minimum atomic E-state index is -4.51. The number of carbonyl (C=O) groups is 1. The topological polar surface area (TPSA) is 49.8 Å². The van der Waals surface area contributed by atoms with Crippen LogP contribution in [0.3, 0.4) is 0 Å². The van der Waals surface area contributed by atoms with Gasteiger partial charge in [-0.25, -0.2) is 0 Å². The SMILES string of the molecule is CC1CCC(Oc2ccc3ccc(CCN4C5CC[C@H]4CC(C(=O)O)C5)cc3c2C(F)(F)F)CC1. The third-order valence-electron chi connectivity index (χ3n) is 8.48. The largest absolute Gasteiger partial charge is 0.490 e. The maximum atomic E-state index is 14.3. The molecule has 7 heteroatoms. The number of piperidine rings is 1. The standard InChI is InChI=1S/C28H34F3NO3/c1-17-2-9-23(10-3-17)35-25-11-6-19-5-4-18(14-24(19)26(25)28(29,30)31)12-13-32-21-7-8-22(32)16-20(15-21)27(33)34/h4-6,11,14,17,20-23H,2-3,7-10,12-13,15-16H2,1H3,(H,33,34)/t17?,20?,21-,22?,23?/m0/s1. The normalized spacial score (nSPS) is 29.4. The molecule has 0 radical (unpaired) electrons. The predicted octanol–water partition coefficient (Wildman–Crippen LogP) is 6.69. The van der Waals surface area contributed by atoms with Gasteiger partial charge in [0.05, 0.1) is 12.0 Å². The number of ether oxygens (including phenoxy) is 1. The van der Waals surface area contributed by atoms with Crippen LogP contribution in [-0.2, 0) is 17.4 Å². The minimum Gasteiger partial charge on any atom is -0.490 e. The Hall–Kier alpha value is -2.28. The van der Waals surface area contributed by atoms with Crippen LogP contribution < -0.4 is 4.74 Å². The summed E-state index contributed by atoms with van der Waals surface area (Å²) in [4.78, 5) is 13.8. The zero-order chi connectivity index (χ0) is 24.7. The first-order valence-corrected chi connectivity index (χ1v) is 13.0. The van der Waals surface area contributed by atoms with Crippen molar-refractivity contribution in [1.29, 1.82) is 0 Å². The molecule has 2 bridgehead atoms. The van der Waals surface area contributed by atoms with Gasteiger partial charge in [-0.1, -0.05) is 31.2 Å². The third-order valence-corrected chi connectivity index (χ3v) is 8.48. The fourth-order valence-electron chi connectivity index (χ4n) is 6.52. The highest BCUT2D eigenvalue weighted by molar-refractivity contribution is 5.89. The zero-order valence-corrected chi connectivity index (χ0v) is 20.2. The summed E-state index contributed by atoms with van der Waals surface area (Å²) in [5.41, 5.74) is 0.198. The molecule has 35 heavy (non-hydrogen) atoms. The average molecular weight is 490 g/mol. The van der Waals surface area contributed by atoms with E-state index in [0.29, 0.717) is 30.6 Å². The van der Waals surface area contributed by atoms with E-state index in [2.05, 4.69) is 11.8 Å². The Morgan fingerprint density at radius 1 is 1.03 bits per heavy atom. The summed E-state index contributed by atoms with van der Waals surface area (Å²) < 4.78 is 48.8. The molecule has 3 fully saturated rings. The maximum absolute atomic E-state index is 14.3. The summed E-state index contributed by atoms with van der Waals surface area (Å²) in [5, 5.41) is 10.2. The van der Waals surface area contributed by atoms with Crippen LogP contribution in [0.4, 0.5) is 13.2 Å². The molecule has 2 saturated heterocycles. The lowest BCUT2D eigenvalue weighted by Gasteiger charge is -2.37. The molecule has 2 heterocycles. The Kier molecular flexibility index (Phi) is 6.73. The van der Waals surface area contributed by atoms with Crippen molar-refractivity contribution in [3.8, 4) is 5.75 Å². The molecule has 190 valence electrons. The number of hydrogen-bond donors (Lipinski definition) is 1. The molecule has 2 aromatic carbocycles. The molecule has 0 aromatic heterocycles. The van der Waals surface area contributed by atoms with Crippen LogP contribution in [0.1, 0.15) is 69.4 Å². The Morgan fingerprint density at radius 3 is 2.31 bits per heavy atom. The number of hydrogen-bond acceptors (Lipinski definition) is 3. The highest BCUT2D eigenvalue weighted by Crippen LogP contribution is 2.43. The maximum Gasteiger partial charge on any atom is 0.420 e. The Labute approximate surface area is 204 Å². The van der Waals surface area contributed by atoms with Gasteiger partial charge in [0.2, 0.25) is 0 Å². The zero-order valence-electron chi connectivity index (χ0n) is 20.2. The van der Waals surface area contributed by atoms with Crippen molar-refractivity contribution in [1.82, 2.24) is 4.90 Å². The summed E-state index contributed by atoms with van der Waals surface area (Å²) in [5.74, 6) is -0.446. The lowest BCUT2D eigenvalue weighted by atomic mass is 9.89. The van der Waals surface area contributed by atoms with Crippen molar-refractivity contribution >= 4 is 16.7 Å². The summed E-state index contributed by atoms with van der Waals surface area (Å²) in [6, 6.07) is 9.10. The van der Waals surface area contributed by atoms with Crippen molar-refractivity contribution < 1.29 is 27.8 Å². The molecule has 2 unspecified atom stereocenters. The van der Waals surface area contributed by atoms with Crippen LogP contribution in [-0.4, -0.2) is 40.7 Å². The Balaban J connectivity index is 1.36. The number of benzene rings is 2. The van der Waals surface area contributed by atoms with Gasteiger partial charge in [-0.05, 0) is 86.1 Å². The summed E-state index contributed by atoms with van der Waals surface area (Å²) >= 11 is 0. The predicted molar refractivity (Wildman–Crippen MR) is 129 cm³/mol. The van der Waals surface area contributed by atoms with Gasteiger partial charge in [-0.15, -0.1) is 0 Å². The second-order valence-corrected chi connectivity index (χ2v) is 10.9. The molecule has 0 amide bonds. The monoisotopic (exact) mass is 489 g/mol. The van der Waals surface area contributed by atoms with E-state index in [9.17, 15) is 23.1 Å². The Bertz CT molecular complexity index is 1060. The van der Waals surface area contributed by atoms with Crippen LogP contribution in [0.5, 0.6) is 5.75 Å². The van der Waals surface area contributed by atoms with E-state index in [4.69, 9.17) is 4.74 Å². The number of alkyl halides is 3. The number of halogens is 3. The first-order valence-electron chi connectivity index (χ1n) is 13.0. The number of nitrogens with zero attached hydrogens (tertiary/aromatic N) is 1. The fourth-order valence-corrected chi connectivity index (χ4v) is 6.52. The number of carboxylic acid groups (broad SMARTS) is 1. The molecule has 2 aliphatic heterocycles. The first-order chi connectivity index (χ1) is 16.7. The Morgan fingerprint density at radius 2 is 1.69 bits per heavy atom. The molecule has 1 aliphatic carbocycles. The lowest BCUT2D eigenvalue weighted by Crippen LogP contribution is -2.45. The van der Waals surface area contributed by atoms with E-state index in [1.54, 1.807) is 18.2 Å². The first kappa shape index (κ1) is 24.4. The molecule has 5 rings (SSSR count). The van der Waals surface area contributed by atoms with Crippen molar-refractivity contribution in [2.75, 3.05) is 6.54 Å². The molecule has 3 atom stereocenters. The van der Waals surface area contributed by atoms with Gasteiger partial charge < -0.3 is 9.84 Å². The number of rotatable bonds is 6. The van der Waals surface area contributed by atoms with Crippen LogP contribution in [0.25, 0.3) is 10.8 Å². The smallest absolute Gasteiger partial charge is 0.420 e.